The van der Waals surface area contributed by atoms with Crippen LogP contribution in [0.5, 0.6) is 0 Å². The summed E-state index contributed by atoms with van der Waals surface area (Å²) in [5, 5.41) is 0. The lowest BCUT2D eigenvalue weighted by Crippen LogP contribution is -2.40. The zero-order chi connectivity index (χ0) is 10.2. The molecule has 1 heterocycles. The van der Waals surface area contributed by atoms with Crippen LogP contribution >= 0.6 is 9.24 Å². The van der Waals surface area contributed by atoms with E-state index < -0.39 is 11.7 Å². The smallest absolute Gasteiger partial charge is 0.417 e. The van der Waals surface area contributed by atoms with E-state index in [-0.39, 0.29) is 11.7 Å². The highest BCUT2D eigenvalue weighted by Gasteiger charge is 2.47. The standard InChI is InChI=1S/C8H14NO3P/c1-4-5(10)9-6(13)8(2,3)12-7(9)11/h6H,4,13H2,1-3H3/t6-/m1/s1. The van der Waals surface area contributed by atoms with Gasteiger partial charge in [-0.3, -0.25) is 4.79 Å². The topological polar surface area (TPSA) is 46.6 Å². The highest BCUT2D eigenvalue weighted by molar-refractivity contribution is 7.17. The molecule has 0 bridgehead atoms. The molecule has 4 nitrogen and oxygen atoms in total. The van der Waals surface area contributed by atoms with E-state index in [4.69, 9.17) is 4.74 Å². The Morgan fingerprint density at radius 3 is 2.54 bits per heavy atom. The van der Waals surface area contributed by atoms with E-state index in [0.717, 1.165) is 4.90 Å². The maximum absolute atomic E-state index is 11.3. The highest BCUT2D eigenvalue weighted by atomic mass is 31.0. The molecule has 1 rings (SSSR count). The molecule has 1 saturated heterocycles. The van der Waals surface area contributed by atoms with Crippen molar-refractivity contribution in [2.45, 2.75) is 38.6 Å². The molecule has 74 valence electrons. The normalized spacial score (nSPS) is 26.0. The Bertz CT molecular complexity index is 252. The molecule has 1 fully saturated rings. The summed E-state index contributed by atoms with van der Waals surface area (Å²) in [5.74, 6) is -0.469. The van der Waals surface area contributed by atoms with Crippen LogP contribution in [0.4, 0.5) is 4.79 Å². The molecule has 0 N–H and O–H groups in total. The van der Waals surface area contributed by atoms with Crippen LogP contribution in [0, 0.1) is 0 Å². The van der Waals surface area contributed by atoms with Crippen molar-refractivity contribution >= 4 is 21.2 Å². The molecule has 13 heavy (non-hydrogen) atoms. The number of ether oxygens (including phenoxy) is 1. The van der Waals surface area contributed by atoms with Gasteiger partial charge >= 0.3 is 6.09 Å². The van der Waals surface area contributed by atoms with Gasteiger partial charge in [-0.15, -0.1) is 9.24 Å². The van der Waals surface area contributed by atoms with Crippen LogP contribution < -0.4 is 0 Å². The summed E-state index contributed by atoms with van der Waals surface area (Å²) in [6.45, 7) is 5.29. The number of cyclic esters (lactones) is 1. The van der Waals surface area contributed by atoms with Crippen LogP contribution in [0.1, 0.15) is 27.2 Å². The number of nitrogens with zero attached hydrogens (tertiary/aromatic N) is 1. The van der Waals surface area contributed by atoms with Crippen LogP contribution in [0.2, 0.25) is 0 Å². The molecule has 0 aromatic carbocycles. The lowest BCUT2D eigenvalue weighted by molar-refractivity contribution is -0.128. The molecule has 1 aliphatic heterocycles. The quantitative estimate of drug-likeness (QED) is 0.604. The molecular weight excluding hydrogens is 189 g/mol. The van der Waals surface area contributed by atoms with Crippen LogP contribution in [0.3, 0.4) is 0 Å². The maximum Gasteiger partial charge on any atom is 0.417 e. The van der Waals surface area contributed by atoms with E-state index in [1.807, 2.05) is 0 Å². The second kappa shape index (κ2) is 3.26. The predicted octanol–water partition coefficient (Wildman–Crippen LogP) is 1.35. The van der Waals surface area contributed by atoms with E-state index in [1.165, 1.54) is 0 Å². The van der Waals surface area contributed by atoms with Crippen molar-refractivity contribution in [3.8, 4) is 0 Å². The van der Waals surface area contributed by atoms with Gasteiger partial charge in [-0.1, -0.05) is 6.92 Å². The van der Waals surface area contributed by atoms with E-state index in [9.17, 15) is 9.59 Å². The first-order valence-electron chi connectivity index (χ1n) is 4.20. The van der Waals surface area contributed by atoms with Gasteiger partial charge in [0.05, 0.1) is 5.78 Å². The molecule has 0 radical (unpaired) electrons. The molecular formula is C8H14NO3P. The van der Waals surface area contributed by atoms with Crippen molar-refractivity contribution in [2.75, 3.05) is 0 Å². The fraction of sp³-hybridized carbons (Fsp3) is 0.750. The van der Waals surface area contributed by atoms with Gasteiger partial charge in [-0.2, -0.15) is 0 Å². The summed E-state index contributed by atoms with van der Waals surface area (Å²) in [7, 11) is 2.46. The fourth-order valence-corrected chi connectivity index (χ4v) is 1.54. The van der Waals surface area contributed by atoms with Gasteiger partial charge < -0.3 is 4.74 Å². The molecule has 0 aromatic heterocycles. The van der Waals surface area contributed by atoms with Gasteiger partial charge in [-0.05, 0) is 13.8 Å². The van der Waals surface area contributed by atoms with Gasteiger partial charge in [-0.25, -0.2) is 9.69 Å². The van der Waals surface area contributed by atoms with Gasteiger partial charge in [0.2, 0.25) is 5.91 Å². The maximum atomic E-state index is 11.3. The number of rotatable bonds is 1. The van der Waals surface area contributed by atoms with Crippen LogP contribution in [-0.4, -0.2) is 28.3 Å². The molecule has 2 amide bonds. The number of carbonyl (C=O) groups is 2. The summed E-state index contributed by atoms with van der Waals surface area (Å²) < 4.78 is 5.04. The third-order valence-electron chi connectivity index (χ3n) is 2.11. The minimum Gasteiger partial charge on any atom is -0.440 e. The summed E-state index contributed by atoms with van der Waals surface area (Å²) in [4.78, 5) is 23.8. The predicted molar refractivity (Wildman–Crippen MR) is 51.2 cm³/mol. The van der Waals surface area contributed by atoms with Crippen molar-refractivity contribution in [2.24, 2.45) is 0 Å². The third kappa shape index (κ3) is 1.68. The van der Waals surface area contributed by atoms with E-state index in [0.29, 0.717) is 6.42 Å². The Morgan fingerprint density at radius 1 is 1.69 bits per heavy atom. The minimum absolute atomic E-state index is 0.199. The Morgan fingerprint density at radius 2 is 2.23 bits per heavy atom. The Hall–Kier alpha value is -0.630. The lowest BCUT2D eigenvalue weighted by atomic mass is 10.1. The second-order valence-corrected chi connectivity index (χ2v) is 4.17. The number of hydrogen-bond acceptors (Lipinski definition) is 3. The fourth-order valence-electron chi connectivity index (χ4n) is 1.19. The number of carbonyl (C=O) groups excluding carboxylic acids is 2. The Balaban J connectivity index is 2.88. The highest BCUT2D eigenvalue weighted by Crippen LogP contribution is 2.33. The zero-order valence-electron chi connectivity index (χ0n) is 8.03. The molecule has 0 saturated carbocycles. The molecule has 0 aliphatic carbocycles. The lowest BCUT2D eigenvalue weighted by Gasteiger charge is -2.23. The van der Waals surface area contributed by atoms with E-state index in [1.54, 1.807) is 20.8 Å². The summed E-state index contributed by atoms with van der Waals surface area (Å²) in [6, 6.07) is 0. The van der Waals surface area contributed by atoms with Gasteiger partial charge in [0, 0.05) is 6.42 Å². The molecule has 1 aliphatic rings. The number of hydrogen-bond donors (Lipinski definition) is 0. The molecule has 5 heteroatoms. The first-order valence-corrected chi connectivity index (χ1v) is 4.87. The average molecular weight is 203 g/mol. The SMILES string of the molecule is CCC(=O)N1C(=O)OC(C)(C)[C@H]1P. The van der Waals surface area contributed by atoms with Crippen molar-refractivity contribution in [3.05, 3.63) is 0 Å². The molecule has 2 atom stereocenters. The van der Waals surface area contributed by atoms with Crippen molar-refractivity contribution in [3.63, 3.8) is 0 Å². The summed E-state index contributed by atoms with van der Waals surface area (Å²) in [6.07, 6.45) is -0.229. The zero-order valence-corrected chi connectivity index (χ0v) is 9.19. The number of amides is 2. The first-order chi connectivity index (χ1) is 5.90. The van der Waals surface area contributed by atoms with Crippen molar-refractivity contribution in [1.29, 1.82) is 0 Å². The van der Waals surface area contributed by atoms with Crippen LogP contribution in [0.25, 0.3) is 0 Å². The number of imide groups is 1. The average Bonchev–Trinajstić information content (AvgIpc) is 2.21. The van der Waals surface area contributed by atoms with Gasteiger partial charge in [0.1, 0.15) is 5.60 Å². The summed E-state index contributed by atoms with van der Waals surface area (Å²) >= 11 is 0. The first kappa shape index (κ1) is 10.5. The van der Waals surface area contributed by atoms with E-state index in [2.05, 4.69) is 9.24 Å². The molecule has 0 spiro atoms. The van der Waals surface area contributed by atoms with Crippen molar-refractivity contribution < 1.29 is 14.3 Å². The van der Waals surface area contributed by atoms with Gasteiger partial charge in [0.15, 0.2) is 0 Å². The van der Waals surface area contributed by atoms with Crippen LogP contribution in [0.15, 0.2) is 0 Å². The largest absolute Gasteiger partial charge is 0.440 e. The molecule has 0 aromatic rings. The minimum atomic E-state index is -0.605. The van der Waals surface area contributed by atoms with Crippen LogP contribution in [-0.2, 0) is 9.53 Å². The second-order valence-electron chi connectivity index (χ2n) is 3.53. The molecule has 1 unspecified atom stereocenters. The van der Waals surface area contributed by atoms with E-state index >= 15 is 0 Å². The Kier molecular flexibility index (Phi) is 2.62. The van der Waals surface area contributed by atoms with Gasteiger partial charge in [0.25, 0.3) is 0 Å². The third-order valence-corrected chi connectivity index (χ3v) is 3.21. The van der Waals surface area contributed by atoms with Crippen molar-refractivity contribution in [1.82, 2.24) is 4.90 Å². The monoisotopic (exact) mass is 203 g/mol. The summed E-state index contributed by atoms with van der Waals surface area (Å²) in [5.41, 5.74) is -0.605. The Labute approximate surface area is 79.8 Å².